The molecule has 2 fully saturated rings. The molecule has 3 nitrogen and oxygen atoms in total. The van der Waals surface area contributed by atoms with Gasteiger partial charge in [-0.3, -0.25) is 0 Å². The van der Waals surface area contributed by atoms with Gasteiger partial charge in [-0.1, -0.05) is 24.6 Å². The van der Waals surface area contributed by atoms with Crippen molar-refractivity contribution in [3.05, 3.63) is 30.3 Å². The van der Waals surface area contributed by atoms with E-state index in [0.717, 1.165) is 11.8 Å². The molecule has 4 atom stereocenters. The molecule has 0 unspecified atom stereocenters. The van der Waals surface area contributed by atoms with Crippen molar-refractivity contribution in [1.29, 1.82) is 0 Å². The van der Waals surface area contributed by atoms with Crippen LogP contribution in [0.1, 0.15) is 32.6 Å². The lowest BCUT2D eigenvalue weighted by Crippen LogP contribution is -2.41. The maximum atomic E-state index is 11.9. The van der Waals surface area contributed by atoms with Crippen molar-refractivity contribution in [2.75, 3.05) is 0 Å². The van der Waals surface area contributed by atoms with Gasteiger partial charge in [-0.2, -0.15) is 0 Å². The van der Waals surface area contributed by atoms with E-state index in [4.69, 9.17) is 4.74 Å². The summed E-state index contributed by atoms with van der Waals surface area (Å²) in [5, 5.41) is 2.99. The summed E-state index contributed by atoms with van der Waals surface area (Å²) in [6.07, 6.45) is 5.04. The van der Waals surface area contributed by atoms with Gasteiger partial charge < -0.3 is 10.1 Å². The van der Waals surface area contributed by atoms with Crippen LogP contribution >= 0.6 is 0 Å². The largest absolute Gasteiger partial charge is 0.412 e. The number of para-hydroxylation sites is 1. The third-order valence-corrected chi connectivity index (χ3v) is 4.73. The number of benzene rings is 1. The molecule has 0 aliphatic heterocycles. The maximum absolute atomic E-state index is 11.9. The van der Waals surface area contributed by atoms with Gasteiger partial charge in [0.05, 0.1) is 0 Å². The summed E-state index contributed by atoms with van der Waals surface area (Å²) in [4.78, 5) is 11.9. The predicted octanol–water partition coefficient (Wildman–Crippen LogP) is 3.60. The minimum Gasteiger partial charge on any atom is -0.410 e. The van der Waals surface area contributed by atoms with Crippen molar-refractivity contribution in [2.45, 2.75) is 38.6 Å². The van der Waals surface area contributed by atoms with Crippen LogP contribution in [-0.4, -0.2) is 12.1 Å². The number of rotatable bonds is 3. The van der Waals surface area contributed by atoms with E-state index in [9.17, 15) is 4.79 Å². The number of amides is 1. The van der Waals surface area contributed by atoms with Gasteiger partial charge in [-0.05, 0) is 56.1 Å². The monoisotopic (exact) mass is 259 g/mol. The first-order valence-electron chi connectivity index (χ1n) is 7.26. The molecule has 2 aliphatic carbocycles. The highest BCUT2D eigenvalue weighted by molar-refractivity contribution is 5.70. The van der Waals surface area contributed by atoms with Crippen LogP contribution in [-0.2, 0) is 0 Å². The van der Waals surface area contributed by atoms with Gasteiger partial charge in [0.2, 0.25) is 0 Å². The lowest BCUT2D eigenvalue weighted by Gasteiger charge is -2.28. The molecule has 0 radical (unpaired) electrons. The van der Waals surface area contributed by atoms with E-state index >= 15 is 0 Å². The van der Waals surface area contributed by atoms with Crippen molar-refractivity contribution in [1.82, 2.24) is 5.32 Å². The lowest BCUT2D eigenvalue weighted by molar-refractivity contribution is 0.184. The number of hydrogen-bond acceptors (Lipinski definition) is 2. The second-order valence-corrected chi connectivity index (χ2v) is 5.97. The SMILES string of the molecule is C[C@@H](NC(=O)Oc1ccccc1)[C@@H]1C[C@@H]2CC[C@@H]1C2. The highest BCUT2D eigenvalue weighted by Gasteiger charge is 2.42. The molecule has 3 heteroatoms. The van der Waals surface area contributed by atoms with Gasteiger partial charge in [0.25, 0.3) is 0 Å². The Labute approximate surface area is 114 Å². The molecule has 0 heterocycles. The van der Waals surface area contributed by atoms with E-state index in [2.05, 4.69) is 12.2 Å². The Morgan fingerprint density at radius 2 is 2.05 bits per heavy atom. The highest BCUT2D eigenvalue weighted by Crippen LogP contribution is 2.49. The van der Waals surface area contributed by atoms with Crippen molar-refractivity contribution in [2.24, 2.45) is 17.8 Å². The third-order valence-electron chi connectivity index (χ3n) is 4.73. The molecular weight excluding hydrogens is 238 g/mol. The van der Waals surface area contributed by atoms with Crippen molar-refractivity contribution in [3.63, 3.8) is 0 Å². The zero-order chi connectivity index (χ0) is 13.2. The fraction of sp³-hybridized carbons (Fsp3) is 0.562. The Bertz CT molecular complexity index is 445. The van der Waals surface area contributed by atoms with E-state index in [1.165, 1.54) is 25.7 Å². The Kier molecular flexibility index (Phi) is 3.45. The summed E-state index contributed by atoms with van der Waals surface area (Å²) in [5.74, 6) is 2.96. The molecule has 2 aliphatic rings. The zero-order valence-electron chi connectivity index (χ0n) is 11.3. The topological polar surface area (TPSA) is 38.3 Å². The number of carbonyl (C=O) groups is 1. The van der Waals surface area contributed by atoms with E-state index < -0.39 is 0 Å². The minimum absolute atomic E-state index is 0.214. The minimum atomic E-state index is -0.332. The number of carbonyl (C=O) groups excluding carboxylic acids is 1. The Hall–Kier alpha value is -1.51. The average molecular weight is 259 g/mol. The summed E-state index contributed by atoms with van der Waals surface area (Å²) >= 11 is 0. The lowest BCUT2D eigenvalue weighted by atomic mass is 9.84. The van der Waals surface area contributed by atoms with Gasteiger partial charge in [0.15, 0.2) is 0 Å². The quantitative estimate of drug-likeness (QED) is 0.900. The van der Waals surface area contributed by atoms with Crippen LogP contribution in [0.2, 0.25) is 0 Å². The number of nitrogens with one attached hydrogen (secondary N) is 1. The molecule has 1 aromatic rings. The van der Waals surface area contributed by atoms with Crippen LogP contribution in [0.5, 0.6) is 5.75 Å². The van der Waals surface area contributed by atoms with Crippen LogP contribution in [0.25, 0.3) is 0 Å². The summed E-state index contributed by atoms with van der Waals surface area (Å²) in [6, 6.07) is 9.43. The van der Waals surface area contributed by atoms with Crippen LogP contribution < -0.4 is 10.1 Å². The average Bonchev–Trinajstić information content (AvgIpc) is 3.02. The van der Waals surface area contributed by atoms with Gasteiger partial charge >= 0.3 is 6.09 Å². The smallest absolute Gasteiger partial charge is 0.410 e. The number of ether oxygens (including phenoxy) is 1. The van der Waals surface area contributed by atoms with E-state index in [-0.39, 0.29) is 12.1 Å². The maximum Gasteiger partial charge on any atom is 0.412 e. The molecule has 0 saturated heterocycles. The summed E-state index contributed by atoms with van der Waals surface area (Å²) < 4.78 is 5.27. The van der Waals surface area contributed by atoms with Crippen LogP contribution in [0.3, 0.4) is 0 Å². The number of hydrogen-bond donors (Lipinski definition) is 1. The summed E-state index contributed by atoms with van der Waals surface area (Å²) in [7, 11) is 0. The number of fused-ring (bicyclic) bond motifs is 2. The van der Waals surface area contributed by atoms with E-state index in [1.54, 1.807) is 12.1 Å². The van der Waals surface area contributed by atoms with Crippen molar-refractivity contribution in [3.8, 4) is 5.75 Å². The molecule has 0 spiro atoms. The molecule has 1 N–H and O–H groups in total. The first-order valence-corrected chi connectivity index (χ1v) is 7.26. The predicted molar refractivity (Wildman–Crippen MR) is 74.0 cm³/mol. The highest BCUT2D eigenvalue weighted by atomic mass is 16.6. The van der Waals surface area contributed by atoms with Crippen molar-refractivity contribution < 1.29 is 9.53 Å². The first-order chi connectivity index (χ1) is 9.22. The normalized spacial score (nSPS) is 30.1. The second kappa shape index (κ2) is 5.24. The fourth-order valence-electron chi connectivity index (χ4n) is 3.82. The first kappa shape index (κ1) is 12.5. The summed E-state index contributed by atoms with van der Waals surface area (Å²) in [5.41, 5.74) is 0. The standard InChI is InChI=1S/C16H21NO2/c1-11(15-10-12-7-8-13(15)9-12)17-16(18)19-14-5-3-2-4-6-14/h2-6,11-13,15H,7-10H2,1H3,(H,17,18)/t11-,12-,13-,15+/m1/s1. The fourth-order valence-corrected chi connectivity index (χ4v) is 3.82. The van der Waals surface area contributed by atoms with Crippen LogP contribution in [0.15, 0.2) is 30.3 Å². The third kappa shape index (κ3) is 2.75. The Balaban J connectivity index is 1.52. The van der Waals surface area contributed by atoms with Gasteiger partial charge in [0, 0.05) is 6.04 Å². The van der Waals surface area contributed by atoms with Crippen LogP contribution in [0, 0.1) is 17.8 Å². The van der Waals surface area contributed by atoms with Gasteiger partial charge in [0.1, 0.15) is 5.75 Å². The molecule has 3 rings (SSSR count). The molecule has 2 saturated carbocycles. The van der Waals surface area contributed by atoms with Crippen LogP contribution in [0.4, 0.5) is 4.79 Å². The Morgan fingerprint density at radius 1 is 1.26 bits per heavy atom. The molecule has 1 aromatic carbocycles. The second-order valence-electron chi connectivity index (χ2n) is 5.97. The van der Waals surface area contributed by atoms with Gasteiger partial charge in [-0.15, -0.1) is 0 Å². The zero-order valence-corrected chi connectivity index (χ0v) is 11.3. The molecule has 1 amide bonds. The molecule has 0 aromatic heterocycles. The molecular formula is C16H21NO2. The molecule has 19 heavy (non-hydrogen) atoms. The molecule has 102 valence electrons. The Morgan fingerprint density at radius 3 is 2.68 bits per heavy atom. The van der Waals surface area contributed by atoms with Gasteiger partial charge in [-0.25, -0.2) is 4.79 Å². The molecule has 2 bridgehead atoms. The summed E-state index contributed by atoms with van der Waals surface area (Å²) in [6.45, 7) is 2.11. The van der Waals surface area contributed by atoms with E-state index in [0.29, 0.717) is 11.7 Å². The van der Waals surface area contributed by atoms with Crippen molar-refractivity contribution >= 4 is 6.09 Å². The van der Waals surface area contributed by atoms with E-state index in [1.807, 2.05) is 18.2 Å².